The Hall–Kier alpha value is -1.62. The smallest absolute Gasteiger partial charge is 0.410 e. The number of nitrogens with one attached hydrogen (secondary N) is 1. The van der Waals surface area contributed by atoms with Gasteiger partial charge in [0.1, 0.15) is 5.60 Å². The van der Waals surface area contributed by atoms with Crippen LogP contribution in [0.3, 0.4) is 0 Å². The molecule has 1 aliphatic heterocycles. The first-order valence-corrected chi connectivity index (χ1v) is 7.51. The molecule has 2 heterocycles. The van der Waals surface area contributed by atoms with E-state index in [1.165, 1.54) is 5.56 Å². The maximum Gasteiger partial charge on any atom is 0.410 e. The molecule has 1 N–H and O–H groups in total. The first-order valence-electron chi connectivity index (χ1n) is 7.51. The lowest BCUT2D eigenvalue weighted by molar-refractivity contribution is 0.0288. The van der Waals surface area contributed by atoms with Crippen molar-refractivity contribution in [3.8, 4) is 0 Å². The molecule has 1 fully saturated rings. The molecular weight excluding hydrogens is 266 g/mol. The largest absolute Gasteiger partial charge is 0.444 e. The van der Waals surface area contributed by atoms with Crippen molar-refractivity contribution in [1.29, 1.82) is 0 Å². The number of aromatic nitrogens is 1. The van der Waals surface area contributed by atoms with Crippen LogP contribution in [0.5, 0.6) is 0 Å². The van der Waals surface area contributed by atoms with E-state index < -0.39 is 5.60 Å². The summed E-state index contributed by atoms with van der Waals surface area (Å²) in [6.07, 6.45) is 4.44. The number of carbonyl (C=O) groups is 1. The van der Waals surface area contributed by atoms with E-state index >= 15 is 0 Å². The number of hydrogen-bond donors (Lipinski definition) is 1. The highest BCUT2D eigenvalue weighted by Gasteiger charge is 2.29. The molecule has 1 atom stereocenters. The average Bonchev–Trinajstić information content (AvgIpc) is 2.87. The third kappa shape index (κ3) is 5.34. The van der Waals surface area contributed by atoms with E-state index in [-0.39, 0.29) is 6.09 Å². The molecule has 1 saturated heterocycles. The lowest BCUT2D eigenvalue weighted by Gasteiger charge is -2.24. The van der Waals surface area contributed by atoms with Crippen molar-refractivity contribution >= 4 is 6.09 Å². The summed E-state index contributed by atoms with van der Waals surface area (Å²) < 4.78 is 5.40. The molecule has 1 amide bonds. The van der Waals surface area contributed by atoms with Gasteiger partial charge in [-0.25, -0.2) is 4.79 Å². The molecule has 1 aliphatic rings. The topological polar surface area (TPSA) is 54.5 Å². The van der Waals surface area contributed by atoms with Gasteiger partial charge in [0.2, 0.25) is 0 Å². The molecule has 0 aliphatic carbocycles. The molecule has 116 valence electrons. The van der Waals surface area contributed by atoms with E-state index in [2.05, 4.69) is 10.3 Å². The standard InChI is InChI=1S/C16H25N3O2/c1-16(2,3)21-15(20)19-9-6-14(12-19)11-18-10-13-4-7-17-8-5-13/h4-5,7-8,14,18H,6,9-12H2,1-3H3/t14-/m0/s1. The Balaban J connectivity index is 1.69. The SMILES string of the molecule is CC(C)(C)OC(=O)N1CC[C@@H](CNCc2ccncc2)C1. The minimum absolute atomic E-state index is 0.195. The molecular formula is C16H25N3O2. The zero-order chi connectivity index (χ0) is 15.3. The third-order valence-electron chi connectivity index (χ3n) is 3.45. The van der Waals surface area contributed by atoms with Gasteiger partial charge in [0, 0.05) is 38.6 Å². The van der Waals surface area contributed by atoms with Crippen LogP contribution in [0, 0.1) is 5.92 Å². The summed E-state index contributed by atoms with van der Waals surface area (Å²) in [7, 11) is 0. The summed E-state index contributed by atoms with van der Waals surface area (Å²) in [6, 6.07) is 4.02. The number of hydrogen-bond acceptors (Lipinski definition) is 4. The molecule has 1 aromatic heterocycles. The monoisotopic (exact) mass is 291 g/mol. The summed E-state index contributed by atoms with van der Waals surface area (Å²) in [6.45, 7) is 9.01. The second-order valence-corrected chi connectivity index (χ2v) is 6.57. The fraction of sp³-hybridized carbons (Fsp3) is 0.625. The molecule has 21 heavy (non-hydrogen) atoms. The lowest BCUT2D eigenvalue weighted by Crippen LogP contribution is -2.36. The summed E-state index contributed by atoms with van der Waals surface area (Å²) in [5, 5.41) is 3.44. The van der Waals surface area contributed by atoms with E-state index in [4.69, 9.17) is 4.74 Å². The third-order valence-corrected chi connectivity index (χ3v) is 3.45. The Morgan fingerprint density at radius 2 is 2.14 bits per heavy atom. The van der Waals surface area contributed by atoms with Crippen LogP contribution >= 0.6 is 0 Å². The number of pyridine rings is 1. The highest BCUT2D eigenvalue weighted by molar-refractivity contribution is 5.68. The number of amides is 1. The normalized spacial score (nSPS) is 18.8. The highest BCUT2D eigenvalue weighted by atomic mass is 16.6. The van der Waals surface area contributed by atoms with Crippen molar-refractivity contribution in [3.05, 3.63) is 30.1 Å². The Morgan fingerprint density at radius 1 is 1.43 bits per heavy atom. The molecule has 0 bridgehead atoms. The summed E-state index contributed by atoms with van der Waals surface area (Å²) in [5.74, 6) is 0.499. The zero-order valence-corrected chi connectivity index (χ0v) is 13.1. The predicted octanol–water partition coefficient (Wildman–Crippen LogP) is 2.43. The van der Waals surface area contributed by atoms with Gasteiger partial charge in [0.15, 0.2) is 0 Å². The van der Waals surface area contributed by atoms with Gasteiger partial charge in [0.25, 0.3) is 0 Å². The second kappa shape index (κ2) is 6.89. The van der Waals surface area contributed by atoms with Gasteiger partial charge in [-0.1, -0.05) is 0 Å². The van der Waals surface area contributed by atoms with Crippen molar-refractivity contribution < 1.29 is 9.53 Å². The number of carbonyl (C=O) groups excluding carboxylic acids is 1. The molecule has 1 aromatic rings. The van der Waals surface area contributed by atoms with Crippen molar-refractivity contribution in [2.45, 2.75) is 39.3 Å². The summed E-state index contributed by atoms with van der Waals surface area (Å²) >= 11 is 0. The molecule has 0 spiro atoms. The van der Waals surface area contributed by atoms with Gasteiger partial charge < -0.3 is 15.0 Å². The van der Waals surface area contributed by atoms with Gasteiger partial charge in [-0.2, -0.15) is 0 Å². The van der Waals surface area contributed by atoms with E-state index in [9.17, 15) is 4.79 Å². The molecule has 0 unspecified atom stereocenters. The van der Waals surface area contributed by atoms with Crippen molar-refractivity contribution in [2.75, 3.05) is 19.6 Å². The average molecular weight is 291 g/mol. The summed E-state index contributed by atoms with van der Waals surface area (Å²) in [4.78, 5) is 17.8. The van der Waals surface area contributed by atoms with Crippen LogP contribution in [0.4, 0.5) is 4.79 Å². The van der Waals surface area contributed by atoms with Gasteiger partial charge in [-0.05, 0) is 50.8 Å². The second-order valence-electron chi connectivity index (χ2n) is 6.57. The van der Waals surface area contributed by atoms with E-state index in [1.54, 1.807) is 12.4 Å². The van der Waals surface area contributed by atoms with Crippen LogP contribution in [0.1, 0.15) is 32.8 Å². The van der Waals surface area contributed by atoms with Gasteiger partial charge in [-0.15, -0.1) is 0 Å². The minimum Gasteiger partial charge on any atom is -0.444 e. The molecule has 2 rings (SSSR count). The quantitative estimate of drug-likeness (QED) is 0.925. The minimum atomic E-state index is -0.422. The van der Waals surface area contributed by atoms with Gasteiger partial charge >= 0.3 is 6.09 Å². The lowest BCUT2D eigenvalue weighted by atomic mass is 10.1. The fourth-order valence-electron chi connectivity index (χ4n) is 2.41. The number of ether oxygens (including phenoxy) is 1. The maximum atomic E-state index is 12.0. The van der Waals surface area contributed by atoms with Crippen molar-refractivity contribution in [1.82, 2.24) is 15.2 Å². The highest BCUT2D eigenvalue weighted by Crippen LogP contribution is 2.19. The van der Waals surface area contributed by atoms with Crippen LogP contribution in [0.15, 0.2) is 24.5 Å². The van der Waals surface area contributed by atoms with Crippen molar-refractivity contribution in [3.63, 3.8) is 0 Å². The van der Waals surface area contributed by atoms with Crippen LogP contribution in [-0.2, 0) is 11.3 Å². The first kappa shape index (κ1) is 15.8. The van der Waals surface area contributed by atoms with E-state index in [1.807, 2.05) is 37.8 Å². The number of rotatable bonds is 4. The Labute approximate surface area is 126 Å². The van der Waals surface area contributed by atoms with E-state index in [0.29, 0.717) is 5.92 Å². The van der Waals surface area contributed by atoms with E-state index in [0.717, 1.165) is 32.6 Å². The van der Waals surface area contributed by atoms with Crippen LogP contribution < -0.4 is 5.32 Å². The zero-order valence-electron chi connectivity index (χ0n) is 13.1. The number of nitrogens with zero attached hydrogens (tertiary/aromatic N) is 2. The molecule has 0 saturated carbocycles. The first-order chi connectivity index (χ1) is 9.94. The van der Waals surface area contributed by atoms with Gasteiger partial charge in [-0.3, -0.25) is 4.98 Å². The molecule has 0 radical (unpaired) electrons. The number of likely N-dealkylation sites (tertiary alicyclic amines) is 1. The fourth-order valence-corrected chi connectivity index (χ4v) is 2.41. The van der Waals surface area contributed by atoms with Crippen molar-refractivity contribution in [2.24, 2.45) is 5.92 Å². The van der Waals surface area contributed by atoms with Gasteiger partial charge in [0.05, 0.1) is 0 Å². The van der Waals surface area contributed by atoms with Crippen LogP contribution in [0.2, 0.25) is 0 Å². The van der Waals surface area contributed by atoms with Crippen LogP contribution in [0.25, 0.3) is 0 Å². The Kier molecular flexibility index (Phi) is 5.17. The molecule has 5 heteroatoms. The molecule has 0 aromatic carbocycles. The molecule has 5 nitrogen and oxygen atoms in total. The summed E-state index contributed by atoms with van der Waals surface area (Å²) in [5.41, 5.74) is 0.807. The maximum absolute atomic E-state index is 12.0. The van der Waals surface area contributed by atoms with Crippen LogP contribution in [-0.4, -0.2) is 41.2 Å². The predicted molar refractivity (Wildman–Crippen MR) is 81.9 cm³/mol. The Bertz CT molecular complexity index is 456. The Morgan fingerprint density at radius 3 is 2.81 bits per heavy atom.